The van der Waals surface area contributed by atoms with Crippen molar-refractivity contribution in [2.24, 2.45) is 12.5 Å². The molecule has 130 valence electrons. The minimum Gasteiger partial charge on any atom is -0.306 e. The number of nitrogens with one attached hydrogen (secondary N) is 1. The van der Waals surface area contributed by atoms with Crippen LogP contribution in [0.3, 0.4) is 0 Å². The lowest BCUT2D eigenvalue weighted by atomic mass is 10.0. The number of fused-ring (bicyclic) bond motifs is 1. The first-order valence-corrected chi connectivity index (χ1v) is 8.11. The van der Waals surface area contributed by atoms with Crippen molar-refractivity contribution in [1.29, 1.82) is 0 Å². The number of aromatic nitrogens is 4. The Morgan fingerprint density at radius 2 is 2.00 bits per heavy atom. The van der Waals surface area contributed by atoms with E-state index in [9.17, 15) is 18.8 Å². The van der Waals surface area contributed by atoms with Gasteiger partial charge in [0.15, 0.2) is 11.7 Å². The van der Waals surface area contributed by atoms with Crippen molar-refractivity contribution in [3.05, 3.63) is 37.0 Å². The van der Waals surface area contributed by atoms with Crippen molar-refractivity contribution in [3.63, 3.8) is 0 Å². The van der Waals surface area contributed by atoms with Gasteiger partial charge >= 0.3 is 5.69 Å². The molecule has 2 aromatic heterocycles. The predicted octanol–water partition coefficient (Wildman–Crippen LogP) is 1.39. The van der Waals surface area contributed by atoms with Gasteiger partial charge in [0.1, 0.15) is 11.3 Å². The summed E-state index contributed by atoms with van der Waals surface area (Å²) in [5.74, 6) is -0.208. The normalized spacial score (nSPS) is 17.2. The van der Waals surface area contributed by atoms with Crippen molar-refractivity contribution in [3.8, 4) is 0 Å². The molecule has 1 atom stereocenters. The van der Waals surface area contributed by atoms with E-state index in [-0.39, 0.29) is 16.9 Å². The number of aryl methyl sites for hydroxylation is 1. The van der Waals surface area contributed by atoms with E-state index in [0.717, 1.165) is 17.4 Å². The van der Waals surface area contributed by atoms with Gasteiger partial charge in [-0.3, -0.25) is 18.7 Å². The van der Waals surface area contributed by atoms with Crippen molar-refractivity contribution in [1.82, 2.24) is 19.1 Å². The second-order valence-corrected chi connectivity index (χ2v) is 6.98. The molecule has 1 unspecified atom stereocenters. The van der Waals surface area contributed by atoms with Crippen LogP contribution in [0, 0.1) is 5.41 Å². The van der Waals surface area contributed by atoms with Crippen LogP contribution in [0.4, 0.5) is 4.39 Å². The molecule has 1 N–H and O–H groups in total. The van der Waals surface area contributed by atoms with Gasteiger partial charge in [-0.2, -0.15) is 0 Å². The molecule has 1 aliphatic rings. The third-order valence-electron chi connectivity index (χ3n) is 4.85. The monoisotopic (exact) mass is 336 g/mol. The van der Waals surface area contributed by atoms with Gasteiger partial charge < -0.3 is 4.98 Å². The molecule has 2 aromatic rings. The van der Waals surface area contributed by atoms with Crippen LogP contribution >= 0.6 is 0 Å². The van der Waals surface area contributed by atoms with Crippen molar-refractivity contribution >= 4 is 11.0 Å². The maximum Gasteiger partial charge on any atom is 0.331 e. The van der Waals surface area contributed by atoms with Gasteiger partial charge in [0.25, 0.3) is 11.1 Å². The lowest BCUT2D eigenvalue weighted by Crippen LogP contribution is -2.41. The molecule has 7 nitrogen and oxygen atoms in total. The van der Waals surface area contributed by atoms with E-state index in [1.54, 1.807) is 0 Å². The van der Waals surface area contributed by atoms with Crippen molar-refractivity contribution < 1.29 is 4.39 Å². The molecule has 1 saturated carbocycles. The zero-order chi connectivity index (χ0) is 17.6. The number of hydrogen-bond acceptors (Lipinski definition) is 4. The second-order valence-electron chi connectivity index (χ2n) is 6.98. The Bertz CT molecular complexity index is 966. The maximum atomic E-state index is 13.5. The number of aromatic amines is 1. The minimum atomic E-state index is -1.51. The Morgan fingerprint density at radius 1 is 1.33 bits per heavy atom. The molecule has 0 aliphatic heterocycles. The number of H-pyrrole nitrogens is 1. The second kappa shape index (κ2) is 5.68. The molecule has 24 heavy (non-hydrogen) atoms. The number of nitrogens with zero attached hydrogens (tertiary/aromatic N) is 3. The minimum absolute atomic E-state index is 0.0755. The Labute approximate surface area is 137 Å². The van der Waals surface area contributed by atoms with Gasteiger partial charge in [-0.05, 0) is 38.0 Å². The fourth-order valence-electron chi connectivity index (χ4n) is 2.93. The number of halogens is 1. The van der Waals surface area contributed by atoms with Gasteiger partial charge in [0.2, 0.25) is 0 Å². The molecule has 0 aromatic carbocycles. The maximum absolute atomic E-state index is 13.5. The largest absolute Gasteiger partial charge is 0.331 e. The van der Waals surface area contributed by atoms with E-state index in [0.29, 0.717) is 12.0 Å². The summed E-state index contributed by atoms with van der Waals surface area (Å²) in [7, 11) is 1.34. The highest BCUT2D eigenvalue weighted by Gasteiger charge is 2.36. The van der Waals surface area contributed by atoms with Crippen LogP contribution in [0.25, 0.3) is 11.0 Å². The summed E-state index contributed by atoms with van der Waals surface area (Å²) in [5, 5.41) is 0. The Balaban J connectivity index is 2.14. The first-order chi connectivity index (χ1) is 11.2. The van der Waals surface area contributed by atoms with Crippen LogP contribution in [0.2, 0.25) is 0 Å². The summed E-state index contributed by atoms with van der Waals surface area (Å²) in [6.45, 7) is 3.74. The third kappa shape index (κ3) is 2.81. The highest BCUT2D eigenvalue weighted by atomic mass is 19.1. The van der Waals surface area contributed by atoms with Crippen LogP contribution in [0.1, 0.15) is 51.5 Å². The lowest BCUT2D eigenvalue weighted by Gasteiger charge is -2.13. The lowest BCUT2D eigenvalue weighted by molar-refractivity contribution is 0.356. The topological polar surface area (TPSA) is 89.8 Å². The summed E-state index contributed by atoms with van der Waals surface area (Å²) in [4.78, 5) is 43.3. The van der Waals surface area contributed by atoms with Crippen LogP contribution in [-0.2, 0) is 13.6 Å². The van der Waals surface area contributed by atoms with Gasteiger partial charge in [0.05, 0.1) is 0 Å². The van der Waals surface area contributed by atoms with E-state index < -0.39 is 23.0 Å². The molecule has 0 saturated heterocycles. The summed E-state index contributed by atoms with van der Waals surface area (Å²) >= 11 is 0. The average molecular weight is 336 g/mol. The zero-order valence-corrected chi connectivity index (χ0v) is 14.1. The molecule has 2 heterocycles. The van der Waals surface area contributed by atoms with Crippen LogP contribution in [0.15, 0.2) is 14.4 Å². The van der Waals surface area contributed by atoms with Crippen LogP contribution in [0.5, 0.6) is 0 Å². The molecular weight excluding hydrogens is 315 g/mol. The van der Waals surface area contributed by atoms with Gasteiger partial charge in [-0.15, -0.1) is 0 Å². The molecule has 1 aliphatic carbocycles. The summed E-state index contributed by atoms with van der Waals surface area (Å²) in [5.41, 5.74) is -1.81. The van der Waals surface area contributed by atoms with E-state index in [1.807, 2.05) is 0 Å². The molecule has 0 spiro atoms. The van der Waals surface area contributed by atoms with Crippen LogP contribution < -0.4 is 16.8 Å². The first kappa shape index (κ1) is 16.6. The summed E-state index contributed by atoms with van der Waals surface area (Å²) < 4.78 is 15.7. The average Bonchev–Trinajstić information content (AvgIpc) is 3.26. The molecule has 0 amide bonds. The van der Waals surface area contributed by atoms with Crippen molar-refractivity contribution in [2.45, 2.75) is 52.2 Å². The van der Waals surface area contributed by atoms with E-state index in [2.05, 4.69) is 16.9 Å². The van der Waals surface area contributed by atoms with Gasteiger partial charge in [-0.1, -0.05) is 6.92 Å². The Morgan fingerprint density at radius 3 is 2.58 bits per heavy atom. The Kier molecular flexibility index (Phi) is 3.93. The number of hydrogen-bond donors (Lipinski definition) is 1. The predicted molar refractivity (Wildman–Crippen MR) is 88.0 cm³/mol. The molecule has 3 rings (SSSR count). The SMILES string of the molecule is CC(F)c1nc2c(=O)n(C)c(=O)n(CCCC3(C)CC3)c2c(=O)[nH]1. The fourth-order valence-corrected chi connectivity index (χ4v) is 2.93. The molecule has 1 fully saturated rings. The third-order valence-corrected chi connectivity index (χ3v) is 4.85. The standard InChI is InChI=1S/C16H21FN4O3/c1-9(17)12-18-10-11(13(22)19-12)21(15(24)20(3)14(10)23)8-4-5-16(2)6-7-16/h9H,4-8H2,1-3H3,(H,18,19,22). The molecule has 0 radical (unpaired) electrons. The van der Waals surface area contributed by atoms with E-state index >= 15 is 0 Å². The first-order valence-electron chi connectivity index (χ1n) is 8.11. The highest BCUT2D eigenvalue weighted by molar-refractivity contribution is 5.72. The molecule has 0 bridgehead atoms. The van der Waals surface area contributed by atoms with Gasteiger partial charge in [-0.25, -0.2) is 14.2 Å². The van der Waals surface area contributed by atoms with Gasteiger partial charge in [0, 0.05) is 13.6 Å². The van der Waals surface area contributed by atoms with E-state index in [1.165, 1.54) is 31.4 Å². The zero-order valence-electron chi connectivity index (χ0n) is 14.1. The Hall–Kier alpha value is -2.25. The molecule has 8 heteroatoms. The fraction of sp³-hybridized carbons (Fsp3) is 0.625. The highest BCUT2D eigenvalue weighted by Crippen LogP contribution is 2.48. The summed E-state index contributed by atoms with van der Waals surface area (Å²) in [6, 6.07) is 0. The summed E-state index contributed by atoms with van der Waals surface area (Å²) in [6.07, 6.45) is 2.52. The molecular formula is C16H21FN4O3. The van der Waals surface area contributed by atoms with E-state index in [4.69, 9.17) is 0 Å². The number of alkyl halides is 1. The smallest absolute Gasteiger partial charge is 0.306 e. The quantitative estimate of drug-likeness (QED) is 0.893. The van der Waals surface area contributed by atoms with Crippen molar-refractivity contribution in [2.75, 3.05) is 0 Å². The van der Waals surface area contributed by atoms with Crippen LogP contribution in [-0.4, -0.2) is 19.1 Å². The number of rotatable bonds is 5.